The van der Waals surface area contributed by atoms with Gasteiger partial charge in [0.25, 0.3) is 0 Å². The fraction of sp³-hybridized carbons (Fsp3) is 0.308. The van der Waals surface area contributed by atoms with Crippen LogP contribution < -0.4 is 10.6 Å². The standard InChI is InChI=1S/C13H13ClN2O/c14-11-6-5-10(3-1-7-15)12(9-11)16-8-2-4-13(16)17/h5-6,9H,2,4,7-8,15H2. The summed E-state index contributed by atoms with van der Waals surface area (Å²) in [7, 11) is 0. The van der Waals surface area contributed by atoms with Crippen molar-refractivity contribution in [2.24, 2.45) is 5.73 Å². The van der Waals surface area contributed by atoms with Crippen molar-refractivity contribution in [1.29, 1.82) is 0 Å². The van der Waals surface area contributed by atoms with Crippen LogP contribution in [-0.4, -0.2) is 19.0 Å². The molecule has 1 aromatic rings. The zero-order valence-electron chi connectivity index (χ0n) is 9.37. The first-order valence-electron chi connectivity index (χ1n) is 5.51. The summed E-state index contributed by atoms with van der Waals surface area (Å²) in [6.07, 6.45) is 1.48. The van der Waals surface area contributed by atoms with Gasteiger partial charge < -0.3 is 10.6 Å². The number of anilines is 1. The smallest absolute Gasteiger partial charge is 0.227 e. The average molecular weight is 249 g/mol. The molecule has 1 aromatic carbocycles. The summed E-state index contributed by atoms with van der Waals surface area (Å²) < 4.78 is 0. The van der Waals surface area contributed by atoms with Crippen LogP contribution in [0.5, 0.6) is 0 Å². The van der Waals surface area contributed by atoms with Gasteiger partial charge in [0.05, 0.1) is 12.2 Å². The Morgan fingerprint density at radius 3 is 2.94 bits per heavy atom. The summed E-state index contributed by atoms with van der Waals surface area (Å²) in [5.74, 6) is 5.90. The fourth-order valence-corrected chi connectivity index (χ4v) is 2.05. The van der Waals surface area contributed by atoms with Crippen molar-refractivity contribution in [3.63, 3.8) is 0 Å². The van der Waals surface area contributed by atoms with E-state index in [0.29, 0.717) is 18.0 Å². The zero-order valence-corrected chi connectivity index (χ0v) is 10.1. The molecule has 0 atom stereocenters. The van der Waals surface area contributed by atoms with Crippen LogP contribution in [0.25, 0.3) is 0 Å². The van der Waals surface area contributed by atoms with Gasteiger partial charge in [-0.1, -0.05) is 23.4 Å². The van der Waals surface area contributed by atoms with Gasteiger partial charge in [-0.2, -0.15) is 0 Å². The van der Waals surface area contributed by atoms with Crippen LogP contribution in [0.15, 0.2) is 18.2 Å². The van der Waals surface area contributed by atoms with Gasteiger partial charge >= 0.3 is 0 Å². The van der Waals surface area contributed by atoms with Crippen LogP contribution >= 0.6 is 11.6 Å². The van der Waals surface area contributed by atoms with E-state index < -0.39 is 0 Å². The Hall–Kier alpha value is -1.50. The molecule has 0 saturated carbocycles. The number of rotatable bonds is 1. The second-order valence-corrected chi connectivity index (χ2v) is 4.25. The molecule has 0 radical (unpaired) electrons. The summed E-state index contributed by atoms with van der Waals surface area (Å²) in [5, 5.41) is 0.609. The molecule has 0 bridgehead atoms. The number of hydrogen-bond donors (Lipinski definition) is 1. The minimum Gasteiger partial charge on any atom is -0.320 e. The highest BCUT2D eigenvalue weighted by atomic mass is 35.5. The first kappa shape index (κ1) is 12.0. The van der Waals surface area contributed by atoms with Gasteiger partial charge in [-0.25, -0.2) is 0 Å². The predicted molar refractivity (Wildman–Crippen MR) is 69.0 cm³/mol. The van der Waals surface area contributed by atoms with E-state index in [1.807, 2.05) is 6.07 Å². The largest absolute Gasteiger partial charge is 0.320 e. The monoisotopic (exact) mass is 248 g/mol. The summed E-state index contributed by atoms with van der Waals surface area (Å²) in [5.41, 5.74) is 6.95. The lowest BCUT2D eigenvalue weighted by molar-refractivity contribution is -0.117. The highest BCUT2D eigenvalue weighted by Crippen LogP contribution is 2.28. The maximum atomic E-state index is 11.7. The van der Waals surface area contributed by atoms with Gasteiger partial charge in [-0.3, -0.25) is 4.79 Å². The second-order valence-electron chi connectivity index (χ2n) is 3.82. The highest BCUT2D eigenvalue weighted by molar-refractivity contribution is 6.31. The van der Waals surface area contributed by atoms with Crippen LogP contribution in [0.1, 0.15) is 18.4 Å². The van der Waals surface area contributed by atoms with Crippen LogP contribution in [0.2, 0.25) is 5.02 Å². The molecule has 1 saturated heterocycles. The highest BCUT2D eigenvalue weighted by Gasteiger charge is 2.23. The molecule has 1 heterocycles. The van der Waals surface area contributed by atoms with Crippen LogP contribution in [0.3, 0.4) is 0 Å². The maximum Gasteiger partial charge on any atom is 0.227 e. The molecule has 1 fully saturated rings. The maximum absolute atomic E-state index is 11.7. The number of carbonyl (C=O) groups excluding carboxylic acids is 1. The Balaban J connectivity index is 2.42. The third-order valence-electron chi connectivity index (χ3n) is 2.65. The molecule has 1 aliphatic rings. The molecule has 17 heavy (non-hydrogen) atoms. The van der Waals surface area contributed by atoms with E-state index in [4.69, 9.17) is 17.3 Å². The van der Waals surface area contributed by atoms with E-state index in [-0.39, 0.29) is 5.91 Å². The minimum absolute atomic E-state index is 0.128. The predicted octanol–water partition coefficient (Wildman–Crippen LogP) is 1.78. The van der Waals surface area contributed by atoms with Crippen LogP contribution in [0, 0.1) is 11.8 Å². The van der Waals surface area contributed by atoms with Crippen molar-refractivity contribution in [3.05, 3.63) is 28.8 Å². The number of hydrogen-bond acceptors (Lipinski definition) is 2. The van der Waals surface area contributed by atoms with Crippen molar-refractivity contribution in [2.45, 2.75) is 12.8 Å². The molecular formula is C13H13ClN2O. The molecule has 1 aliphatic heterocycles. The minimum atomic E-state index is 0.128. The summed E-state index contributed by atoms with van der Waals surface area (Å²) in [6, 6.07) is 5.38. The molecule has 0 aliphatic carbocycles. The number of amides is 1. The van der Waals surface area contributed by atoms with E-state index in [0.717, 1.165) is 24.2 Å². The van der Waals surface area contributed by atoms with Crippen molar-refractivity contribution in [1.82, 2.24) is 0 Å². The zero-order chi connectivity index (χ0) is 12.3. The Kier molecular flexibility index (Phi) is 3.68. The van der Waals surface area contributed by atoms with Gasteiger partial charge in [-0.15, -0.1) is 0 Å². The number of benzene rings is 1. The third-order valence-corrected chi connectivity index (χ3v) is 2.88. The number of carbonyl (C=O) groups is 1. The van der Waals surface area contributed by atoms with Crippen LogP contribution in [-0.2, 0) is 4.79 Å². The fourth-order valence-electron chi connectivity index (χ4n) is 1.88. The number of halogens is 1. The molecular weight excluding hydrogens is 236 g/mol. The van der Waals surface area contributed by atoms with Gasteiger partial charge in [-0.05, 0) is 24.6 Å². The first-order chi connectivity index (χ1) is 8.22. The topological polar surface area (TPSA) is 46.3 Å². The van der Waals surface area contributed by atoms with Gasteiger partial charge in [0.15, 0.2) is 0 Å². The van der Waals surface area contributed by atoms with Crippen molar-refractivity contribution >= 4 is 23.2 Å². The SMILES string of the molecule is NCC#Cc1ccc(Cl)cc1N1CCCC1=O. The van der Waals surface area contributed by atoms with Crippen molar-refractivity contribution in [2.75, 3.05) is 18.0 Å². The quantitative estimate of drug-likeness (QED) is 0.770. The van der Waals surface area contributed by atoms with E-state index in [9.17, 15) is 4.79 Å². The van der Waals surface area contributed by atoms with E-state index in [2.05, 4.69) is 11.8 Å². The molecule has 2 N–H and O–H groups in total. The van der Waals surface area contributed by atoms with E-state index >= 15 is 0 Å². The van der Waals surface area contributed by atoms with Crippen LogP contribution in [0.4, 0.5) is 5.69 Å². The van der Waals surface area contributed by atoms with Crippen molar-refractivity contribution in [3.8, 4) is 11.8 Å². The molecule has 0 aromatic heterocycles. The van der Waals surface area contributed by atoms with Gasteiger partial charge in [0.1, 0.15) is 0 Å². The molecule has 1 amide bonds. The molecule has 88 valence electrons. The summed E-state index contributed by atoms with van der Waals surface area (Å²) in [4.78, 5) is 13.5. The first-order valence-corrected chi connectivity index (χ1v) is 5.89. The summed E-state index contributed by atoms with van der Waals surface area (Å²) in [6.45, 7) is 1.03. The number of nitrogens with two attached hydrogens (primary N) is 1. The third kappa shape index (κ3) is 2.60. The lowest BCUT2D eigenvalue weighted by Crippen LogP contribution is -2.24. The Bertz CT molecular complexity index is 502. The number of nitrogens with zero attached hydrogens (tertiary/aromatic N) is 1. The average Bonchev–Trinajstić information content (AvgIpc) is 2.74. The lowest BCUT2D eigenvalue weighted by atomic mass is 10.1. The molecule has 0 unspecified atom stereocenters. The van der Waals surface area contributed by atoms with Gasteiger partial charge in [0, 0.05) is 23.6 Å². The Morgan fingerprint density at radius 1 is 1.47 bits per heavy atom. The molecule has 0 spiro atoms. The summed E-state index contributed by atoms with van der Waals surface area (Å²) >= 11 is 5.97. The normalized spacial score (nSPS) is 14.7. The second kappa shape index (κ2) is 5.22. The van der Waals surface area contributed by atoms with E-state index in [1.165, 1.54) is 0 Å². The lowest BCUT2D eigenvalue weighted by Gasteiger charge is -2.17. The molecule has 4 heteroatoms. The molecule has 3 nitrogen and oxygen atoms in total. The van der Waals surface area contributed by atoms with Gasteiger partial charge in [0.2, 0.25) is 5.91 Å². The molecule has 2 rings (SSSR count). The van der Waals surface area contributed by atoms with Crippen molar-refractivity contribution < 1.29 is 4.79 Å². The Morgan fingerprint density at radius 2 is 2.29 bits per heavy atom. The van der Waals surface area contributed by atoms with E-state index in [1.54, 1.807) is 17.0 Å². The Labute approximate surface area is 106 Å².